The van der Waals surface area contributed by atoms with Crippen LogP contribution in [0.15, 0.2) is 63.5 Å². The molecule has 2 aromatic carbocycles. The van der Waals surface area contributed by atoms with Gasteiger partial charge in [-0.2, -0.15) is 0 Å². The second kappa shape index (κ2) is 11.3. The number of hydrogen-bond acceptors (Lipinski definition) is 6. The van der Waals surface area contributed by atoms with E-state index < -0.39 is 17.1 Å². The molecule has 1 saturated carbocycles. The minimum absolute atomic E-state index is 0.0608. The van der Waals surface area contributed by atoms with Gasteiger partial charge in [-0.25, -0.2) is 14.2 Å². The van der Waals surface area contributed by atoms with Crippen molar-refractivity contribution in [3.05, 3.63) is 108 Å². The van der Waals surface area contributed by atoms with Crippen LogP contribution in [-0.2, 0) is 11.3 Å². The average molecular weight is 615 g/mol. The molecule has 0 aliphatic heterocycles. The first-order chi connectivity index (χ1) is 21.0. The molecule has 1 aliphatic rings. The SMILES string of the molecule is CC(=O)Nc1csc(C)c1C(=O)N(C)c1ccc(C(C)c2nc3c([nH]2)c(=O)n(Cc2ccccc2F)c(=O)n3C2CC2)cc1. The van der Waals surface area contributed by atoms with Gasteiger partial charge in [0.1, 0.15) is 17.2 Å². The fourth-order valence-corrected chi connectivity index (χ4v) is 6.17. The number of nitrogens with zero attached hydrogens (tertiary/aromatic N) is 4. The Kier molecular flexibility index (Phi) is 7.54. The van der Waals surface area contributed by atoms with E-state index in [4.69, 9.17) is 4.98 Å². The van der Waals surface area contributed by atoms with E-state index in [1.165, 1.54) is 29.2 Å². The lowest BCUT2D eigenvalue weighted by molar-refractivity contribution is -0.114. The Bertz CT molecular complexity index is 2040. The molecule has 2 N–H and O–H groups in total. The summed E-state index contributed by atoms with van der Waals surface area (Å²) in [6, 6.07) is 13.5. The lowest BCUT2D eigenvalue weighted by Gasteiger charge is -2.19. The number of aryl methyl sites for hydroxylation is 1. The highest BCUT2D eigenvalue weighted by Gasteiger charge is 2.31. The molecule has 1 unspecified atom stereocenters. The largest absolute Gasteiger partial charge is 0.336 e. The van der Waals surface area contributed by atoms with E-state index in [0.717, 1.165) is 27.8 Å². The van der Waals surface area contributed by atoms with E-state index in [9.17, 15) is 23.6 Å². The van der Waals surface area contributed by atoms with E-state index in [1.807, 2.05) is 38.1 Å². The van der Waals surface area contributed by atoms with Gasteiger partial charge in [0.05, 0.1) is 17.8 Å². The van der Waals surface area contributed by atoms with Crippen molar-refractivity contribution in [3.63, 3.8) is 0 Å². The zero-order chi connectivity index (χ0) is 31.3. The number of rotatable bonds is 8. The summed E-state index contributed by atoms with van der Waals surface area (Å²) in [6.45, 7) is 5.00. The van der Waals surface area contributed by atoms with Crippen LogP contribution < -0.4 is 21.5 Å². The number of aromatic nitrogens is 4. The smallest absolute Gasteiger partial charge is 0.333 e. The first kappa shape index (κ1) is 29.2. The first-order valence-corrected chi connectivity index (χ1v) is 15.1. The van der Waals surface area contributed by atoms with Crippen molar-refractivity contribution >= 4 is 45.7 Å². The van der Waals surface area contributed by atoms with Crippen molar-refractivity contribution in [1.82, 2.24) is 19.1 Å². The zero-order valence-corrected chi connectivity index (χ0v) is 25.5. The molecule has 10 nitrogen and oxygen atoms in total. The average Bonchev–Trinajstić information content (AvgIpc) is 3.64. The minimum Gasteiger partial charge on any atom is -0.336 e. The van der Waals surface area contributed by atoms with Crippen molar-refractivity contribution in [3.8, 4) is 0 Å². The molecule has 1 atom stereocenters. The number of anilines is 2. The topological polar surface area (TPSA) is 122 Å². The second-order valence-corrected chi connectivity index (χ2v) is 12.2. The Hall–Kier alpha value is -4.84. The number of benzene rings is 2. The fraction of sp³-hybridized carbons (Fsp3) is 0.281. The molecule has 5 aromatic rings. The molecule has 0 radical (unpaired) electrons. The molecule has 226 valence electrons. The molecule has 2 amide bonds. The number of carbonyl (C=O) groups is 2. The summed E-state index contributed by atoms with van der Waals surface area (Å²) >= 11 is 1.40. The highest BCUT2D eigenvalue weighted by Crippen LogP contribution is 2.36. The predicted octanol–water partition coefficient (Wildman–Crippen LogP) is 5.17. The molecule has 0 spiro atoms. The van der Waals surface area contributed by atoms with E-state index in [0.29, 0.717) is 28.4 Å². The van der Waals surface area contributed by atoms with Crippen molar-refractivity contribution < 1.29 is 14.0 Å². The van der Waals surface area contributed by atoms with Crippen LogP contribution in [0.5, 0.6) is 0 Å². The number of fused-ring (bicyclic) bond motifs is 1. The van der Waals surface area contributed by atoms with Crippen LogP contribution in [0.2, 0.25) is 0 Å². The number of halogens is 1. The maximum absolute atomic E-state index is 14.4. The van der Waals surface area contributed by atoms with Crippen LogP contribution in [0.1, 0.15) is 70.8 Å². The molecule has 1 aliphatic carbocycles. The first-order valence-electron chi connectivity index (χ1n) is 14.3. The lowest BCUT2D eigenvalue weighted by Crippen LogP contribution is -2.40. The van der Waals surface area contributed by atoms with Crippen LogP contribution in [0.4, 0.5) is 15.8 Å². The van der Waals surface area contributed by atoms with Gasteiger partial charge in [-0.1, -0.05) is 37.3 Å². The van der Waals surface area contributed by atoms with Gasteiger partial charge in [0.2, 0.25) is 5.91 Å². The number of amides is 2. The standard InChI is InChI=1S/C32H31FN6O4S/c1-17(20-9-11-22(12-10-20)37(4)30(41)26-18(2)44-16-25(26)34-19(3)40)28-35-27-29(36-28)39(23-13-14-23)32(43)38(31(27)42)15-21-7-5-6-8-24(21)33/h5-12,16-17,23H,13-15H2,1-4H3,(H,34,40)(H,35,36). The van der Waals surface area contributed by atoms with E-state index >= 15 is 0 Å². The molecule has 12 heteroatoms. The molecule has 0 saturated heterocycles. The van der Waals surface area contributed by atoms with Gasteiger partial charge in [-0.15, -0.1) is 11.3 Å². The predicted molar refractivity (Wildman–Crippen MR) is 168 cm³/mol. The quantitative estimate of drug-likeness (QED) is 0.250. The Balaban J connectivity index is 1.31. The van der Waals surface area contributed by atoms with E-state index in [-0.39, 0.29) is 41.4 Å². The molecule has 3 heterocycles. The Labute approximate surface area is 255 Å². The van der Waals surface area contributed by atoms with Gasteiger partial charge in [0, 0.05) is 47.4 Å². The van der Waals surface area contributed by atoms with Crippen molar-refractivity contribution in [2.45, 2.75) is 52.1 Å². The maximum Gasteiger partial charge on any atom is 0.333 e. The molecule has 1 fully saturated rings. The highest BCUT2D eigenvalue weighted by molar-refractivity contribution is 7.10. The van der Waals surface area contributed by atoms with Gasteiger partial charge in [0.25, 0.3) is 11.5 Å². The van der Waals surface area contributed by atoms with Crippen LogP contribution in [0, 0.1) is 12.7 Å². The van der Waals surface area contributed by atoms with Gasteiger partial charge >= 0.3 is 5.69 Å². The summed E-state index contributed by atoms with van der Waals surface area (Å²) in [5, 5.41) is 4.48. The lowest BCUT2D eigenvalue weighted by atomic mass is 10.00. The summed E-state index contributed by atoms with van der Waals surface area (Å²) in [7, 11) is 1.68. The monoisotopic (exact) mass is 614 g/mol. The Morgan fingerprint density at radius 1 is 1.16 bits per heavy atom. The maximum atomic E-state index is 14.4. The van der Waals surface area contributed by atoms with Crippen molar-refractivity contribution in [1.29, 1.82) is 0 Å². The zero-order valence-electron chi connectivity index (χ0n) is 24.7. The highest BCUT2D eigenvalue weighted by atomic mass is 32.1. The molecule has 3 aromatic heterocycles. The van der Waals surface area contributed by atoms with E-state index in [1.54, 1.807) is 35.2 Å². The Morgan fingerprint density at radius 2 is 1.86 bits per heavy atom. The number of hydrogen-bond donors (Lipinski definition) is 2. The fourth-order valence-electron chi connectivity index (χ4n) is 5.38. The molecular formula is C32H31FN6O4S. The van der Waals surface area contributed by atoms with Crippen LogP contribution >= 0.6 is 11.3 Å². The third kappa shape index (κ3) is 5.25. The van der Waals surface area contributed by atoms with Gasteiger partial charge < -0.3 is 15.2 Å². The Morgan fingerprint density at radius 3 is 2.52 bits per heavy atom. The third-order valence-corrected chi connectivity index (χ3v) is 8.93. The van der Waals surface area contributed by atoms with Crippen LogP contribution in [0.3, 0.4) is 0 Å². The molecule has 44 heavy (non-hydrogen) atoms. The number of H-pyrrole nitrogens is 1. The van der Waals surface area contributed by atoms with Crippen LogP contribution in [0.25, 0.3) is 11.2 Å². The second-order valence-electron chi connectivity index (χ2n) is 11.1. The number of imidazole rings is 1. The number of thiophene rings is 1. The van der Waals surface area contributed by atoms with Crippen LogP contribution in [-0.4, -0.2) is 38.0 Å². The van der Waals surface area contributed by atoms with E-state index in [2.05, 4.69) is 10.3 Å². The van der Waals surface area contributed by atoms with Crippen molar-refractivity contribution in [2.24, 2.45) is 0 Å². The summed E-state index contributed by atoms with van der Waals surface area (Å²) in [5.41, 5.74) is 2.20. The normalized spacial score (nSPS) is 13.7. The third-order valence-electron chi connectivity index (χ3n) is 8.02. The summed E-state index contributed by atoms with van der Waals surface area (Å²) in [5.74, 6) is -0.729. The van der Waals surface area contributed by atoms with Crippen molar-refractivity contribution in [2.75, 3.05) is 17.3 Å². The molecule has 6 rings (SSSR count). The summed E-state index contributed by atoms with van der Waals surface area (Å²) in [6.07, 6.45) is 1.60. The number of aromatic amines is 1. The minimum atomic E-state index is -0.547. The number of carbonyl (C=O) groups excluding carboxylic acids is 2. The van der Waals surface area contributed by atoms with Gasteiger partial charge in [0.15, 0.2) is 5.65 Å². The number of nitrogens with one attached hydrogen (secondary N) is 2. The molecule has 0 bridgehead atoms. The molecular weight excluding hydrogens is 583 g/mol. The summed E-state index contributed by atoms with van der Waals surface area (Å²) in [4.78, 5) is 62.2. The van der Waals surface area contributed by atoms with Gasteiger partial charge in [-0.3, -0.25) is 23.5 Å². The van der Waals surface area contributed by atoms with Gasteiger partial charge in [-0.05, 0) is 43.5 Å². The summed E-state index contributed by atoms with van der Waals surface area (Å²) < 4.78 is 17.0.